The second kappa shape index (κ2) is 5.67. The molecule has 116 valence electrons. The van der Waals surface area contributed by atoms with Crippen molar-refractivity contribution >= 4 is 17.7 Å². The lowest BCUT2D eigenvalue weighted by Gasteiger charge is -2.34. The Bertz CT molecular complexity index is 614. The Morgan fingerprint density at radius 3 is 2.73 bits per heavy atom. The molecule has 2 atom stereocenters. The van der Waals surface area contributed by atoms with Crippen LogP contribution in [0.15, 0.2) is 24.3 Å². The van der Waals surface area contributed by atoms with Gasteiger partial charge < -0.3 is 20.7 Å². The predicted molar refractivity (Wildman–Crippen MR) is 77.1 cm³/mol. The molecular formula is C15H17N3O4. The van der Waals surface area contributed by atoms with Crippen LogP contribution >= 0.6 is 0 Å². The topological polar surface area (TPSA) is 102 Å². The fourth-order valence-electron chi connectivity index (χ4n) is 2.84. The van der Waals surface area contributed by atoms with Crippen molar-refractivity contribution in [2.45, 2.75) is 24.9 Å². The molecule has 0 saturated carbocycles. The van der Waals surface area contributed by atoms with Crippen LogP contribution in [0.25, 0.3) is 0 Å². The predicted octanol–water partition coefficient (Wildman–Crippen LogP) is -0.346. The van der Waals surface area contributed by atoms with Crippen LogP contribution in [0.1, 0.15) is 23.2 Å². The number of ether oxygens (including phenoxy) is 1. The first-order chi connectivity index (χ1) is 10.6. The summed E-state index contributed by atoms with van der Waals surface area (Å²) >= 11 is 0. The van der Waals surface area contributed by atoms with Crippen LogP contribution in [0, 0.1) is 0 Å². The molecule has 2 aliphatic rings. The summed E-state index contributed by atoms with van der Waals surface area (Å²) in [6, 6.07) is 5.32. The molecule has 7 nitrogen and oxygen atoms in total. The Kier molecular flexibility index (Phi) is 3.70. The molecule has 2 fully saturated rings. The third-order valence-electron chi connectivity index (χ3n) is 4.01. The van der Waals surface area contributed by atoms with E-state index in [0.29, 0.717) is 17.9 Å². The Balaban J connectivity index is 1.62. The quantitative estimate of drug-likeness (QED) is 0.794. The number of carbonyl (C=O) groups is 3. The van der Waals surface area contributed by atoms with Gasteiger partial charge in [-0.2, -0.15) is 0 Å². The average molecular weight is 303 g/mol. The van der Waals surface area contributed by atoms with Gasteiger partial charge in [0.05, 0.1) is 0 Å². The molecule has 7 heteroatoms. The smallest absolute Gasteiger partial charge is 0.249 e. The van der Waals surface area contributed by atoms with Crippen LogP contribution in [0.3, 0.4) is 0 Å². The number of nitrogens with zero attached hydrogens (tertiary/aromatic N) is 1. The van der Waals surface area contributed by atoms with Crippen molar-refractivity contribution < 1.29 is 19.1 Å². The van der Waals surface area contributed by atoms with Gasteiger partial charge >= 0.3 is 0 Å². The van der Waals surface area contributed by atoms with Crippen molar-refractivity contribution in [3.05, 3.63) is 29.8 Å². The second-order valence-electron chi connectivity index (χ2n) is 5.45. The number of primary amides is 1. The van der Waals surface area contributed by atoms with Crippen LogP contribution in [-0.4, -0.2) is 47.9 Å². The molecule has 2 saturated heterocycles. The van der Waals surface area contributed by atoms with Gasteiger partial charge in [-0.05, 0) is 37.1 Å². The number of nitrogens with one attached hydrogen (secondary N) is 1. The summed E-state index contributed by atoms with van der Waals surface area (Å²) in [5.74, 6) is -0.220. The molecule has 0 aliphatic carbocycles. The summed E-state index contributed by atoms with van der Waals surface area (Å²) < 4.78 is 5.53. The highest BCUT2D eigenvalue weighted by molar-refractivity contribution is 5.97. The Labute approximate surface area is 127 Å². The molecule has 0 aromatic heterocycles. The lowest BCUT2D eigenvalue weighted by atomic mass is 10.1. The Morgan fingerprint density at radius 1 is 1.32 bits per heavy atom. The lowest BCUT2D eigenvalue weighted by molar-refractivity contribution is -0.147. The molecule has 0 radical (unpaired) electrons. The Morgan fingerprint density at radius 2 is 2.05 bits per heavy atom. The zero-order valence-corrected chi connectivity index (χ0v) is 12.0. The van der Waals surface area contributed by atoms with Crippen molar-refractivity contribution in [3.8, 4) is 5.75 Å². The zero-order valence-electron chi connectivity index (χ0n) is 12.0. The number of nitrogens with two attached hydrogens (primary N) is 1. The molecule has 2 aliphatic heterocycles. The van der Waals surface area contributed by atoms with Gasteiger partial charge in [-0.25, -0.2) is 0 Å². The molecule has 0 spiro atoms. The minimum Gasteiger partial charge on any atom is -0.491 e. The summed E-state index contributed by atoms with van der Waals surface area (Å²) in [5.41, 5.74) is 5.54. The number of fused-ring (bicyclic) bond motifs is 1. The molecule has 2 heterocycles. The van der Waals surface area contributed by atoms with Crippen LogP contribution in [-0.2, 0) is 9.59 Å². The van der Waals surface area contributed by atoms with Crippen LogP contribution < -0.4 is 15.8 Å². The summed E-state index contributed by atoms with van der Waals surface area (Å²) in [7, 11) is 0. The highest BCUT2D eigenvalue weighted by Gasteiger charge is 2.43. The number of amides is 3. The van der Waals surface area contributed by atoms with Crippen molar-refractivity contribution in [2.24, 2.45) is 5.73 Å². The number of carbonyl (C=O) groups excluding carboxylic acids is 3. The van der Waals surface area contributed by atoms with Crippen molar-refractivity contribution in [3.63, 3.8) is 0 Å². The van der Waals surface area contributed by atoms with E-state index in [-0.39, 0.29) is 24.5 Å². The van der Waals surface area contributed by atoms with E-state index in [1.807, 2.05) is 0 Å². The minimum absolute atomic E-state index is 0.0592. The summed E-state index contributed by atoms with van der Waals surface area (Å²) in [6.07, 6.45) is 1.58. The van der Waals surface area contributed by atoms with E-state index in [0.717, 1.165) is 12.8 Å². The Hall–Kier alpha value is -2.57. The number of benzene rings is 1. The maximum atomic E-state index is 12.3. The normalized spacial score (nSPS) is 23.9. The summed E-state index contributed by atoms with van der Waals surface area (Å²) in [5, 5.41) is 2.71. The van der Waals surface area contributed by atoms with Crippen molar-refractivity contribution in [1.29, 1.82) is 0 Å². The fraction of sp³-hybridized carbons (Fsp3) is 0.400. The molecule has 3 amide bonds. The first-order valence-corrected chi connectivity index (χ1v) is 7.20. The van der Waals surface area contributed by atoms with Gasteiger partial charge in [0.15, 0.2) is 0 Å². The molecule has 0 unspecified atom stereocenters. The van der Waals surface area contributed by atoms with E-state index in [1.54, 1.807) is 29.2 Å². The van der Waals surface area contributed by atoms with E-state index in [1.165, 1.54) is 0 Å². The molecule has 1 aromatic rings. The summed E-state index contributed by atoms with van der Waals surface area (Å²) in [6.45, 7) is 0.685. The van der Waals surface area contributed by atoms with Gasteiger partial charge in [-0.1, -0.05) is 0 Å². The maximum Gasteiger partial charge on any atom is 0.249 e. The molecule has 3 N–H and O–H groups in total. The number of piperazine rings is 1. The van der Waals surface area contributed by atoms with Gasteiger partial charge in [0, 0.05) is 12.1 Å². The van der Waals surface area contributed by atoms with Gasteiger partial charge in [-0.15, -0.1) is 0 Å². The first-order valence-electron chi connectivity index (χ1n) is 7.20. The maximum absolute atomic E-state index is 12.3. The average Bonchev–Trinajstić information content (AvgIpc) is 3.00. The van der Waals surface area contributed by atoms with E-state index in [9.17, 15) is 14.4 Å². The molecule has 22 heavy (non-hydrogen) atoms. The van der Waals surface area contributed by atoms with Crippen LogP contribution in [0.5, 0.6) is 5.75 Å². The van der Waals surface area contributed by atoms with E-state index in [4.69, 9.17) is 10.5 Å². The second-order valence-corrected chi connectivity index (χ2v) is 5.45. The molecule has 3 rings (SSSR count). The SMILES string of the molecule is NC(=O)c1ccc(OC[C@H]2NC(=O)[C@H]3CCCN3C2=O)cc1. The van der Waals surface area contributed by atoms with Gasteiger partial charge in [0.25, 0.3) is 0 Å². The van der Waals surface area contributed by atoms with Gasteiger partial charge in [-0.3, -0.25) is 14.4 Å². The highest BCUT2D eigenvalue weighted by atomic mass is 16.5. The number of rotatable bonds is 4. The highest BCUT2D eigenvalue weighted by Crippen LogP contribution is 2.22. The lowest BCUT2D eigenvalue weighted by Crippen LogP contribution is -2.62. The standard InChI is InChI=1S/C15H17N3O4/c16-13(19)9-3-5-10(6-4-9)22-8-11-15(21)18-7-1-2-12(18)14(20)17-11/h3-6,11-12H,1-2,7-8H2,(H2,16,19)(H,17,20)/t11-,12-/m1/s1. The van der Waals surface area contributed by atoms with Crippen LogP contribution in [0.2, 0.25) is 0 Å². The third kappa shape index (κ3) is 2.61. The van der Waals surface area contributed by atoms with Crippen molar-refractivity contribution in [2.75, 3.05) is 13.2 Å². The zero-order chi connectivity index (χ0) is 15.7. The fourth-order valence-corrected chi connectivity index (χ4v) is 2.84. The number of hydrogen-bond acceptors (Lipinski definition) is 4. The van der Waals surface area contributed by atoms with Gasteiger partial charge in [0.2, 0.25) is 17.7 Å². The third-order valence-corrected chi connectivity index (χ3v) is 4.01. The largest absolute Gasteiger partial charge is 0.491 e. The van der Waals surface area contributed by atoms with E-state index >= 15 is 0 Å². The molecule has 1 aromatic carbocycles. The monoisotopic (exact) mass is 303 g/mol. The first kappa shape index (κ1) is 14.4. The van der Waals surface area contributed by atoms with Gasteiger partial charge in [0.1, 0.15) is 24.4 Å². The van der Waals surface area contributed by atoms with E-state index < -0.39 is 11.9 Å². The van der Waals surface area contributed by atoms with Crippen molar-refractivity contribution in [1.82, 2.24) is 10.2 Å². The minimum atomic E-state index is -0.669. The molecule has 0 bridgehead atoms. The molecular weight excluding hydrogens is 286 g/mol. The van der Waals surface area contributed by atoms with E-state index in [2.05, 4.69) is 5.32 Å². The van der Waals surface area contributed by atoms with Crippen LogP contribution in [0.4, 0.5) is 0 Å². The number of hydrogen-bond donors (Lipinski definition) is 2. The summed E-state index contributed by atoms with van der Waals surface area (Å²) in [4.78, 5) is 36.9.